The van der Waals surface area contributed by atoms with Crippen molar-refractivity contribution in [3.63, 3.8) is 0 Å². The van der Waals surface area contributed by atoms with Crippen LogP contribution < -0.4 is 0 Å². The molecule has 3 rings (SSSR count). The first-order chi connectivity index (χ1) is 11.1. The van der Waals surface area contributed by atoms with Crippen LogP contribution in [0.3, 0.4) is 0 Å². The van der Waals surface area contributed by atoms with Crippen LogP contribution in [0.4, 0.5) is 0 Å². The number of aryl methyl sites for hydroxylation is 2. The summed E-state index contributed by atoms with van der Waals surface area (Å²) in [5, 5.41) is 17.7. The molecule has 0 aliphatic rings. The van der Waals surface area contributed by atoms with E-state index < -0.39 is 0 Å². The average molecular weight is 312 g/mol. The minimum Gasteiger partial charge on any atom is -0.396 e. The van der Waals surface area contributed by atoms with Gasteiger partial charge in [-0.05, 0) is 44.4 Å². The fourth-order valence-electron chi connectivity index (χ4n) is 2.74. The van der Waals surface area contributed by atoms with Gasteiger partial charge in [0.05, 0.1) is 5.69 Å². The zero-order valence-electron chi connectivity index (χ0n) is 13.6. The van der Waals surface area contributed by atoms with Crippen LogP contribution in [-0.4, -0.2) is 31.6 Å². The van der Waals surface area contributed by atoms with Crippen LogP contribution in [-0.2, 0) is 13.0 Å². The Kier molecular flexibility index (Phi) is 4.25. The number of aliphatic hydroxyl groups is 1. The lowest BCUT2D eigenvalue weighted by Crippen LogP contribution is -2.06. The van der Waals surface area contributed by atoms with Gasteiger partial charge in [-0.15, -0.1) is 0 Å². The highest BCUT2D eigenvalue weighted by Gasteiger charge is 2.15. The molecule has 2 aromatic heterocycles. The third-order valence-electron chi connectivity index (χ3n) is 4.03. The maximum absolute atomic E-state index is 9.15. The Morgan fingerprint density at radius 2 is 1.96 bits per heavy atom. The number of hydrogen-bond donors (Lipinski definition) is 1. The minimum absolute atomic E-state index is 0.118. The van der Waals surface area contributed by atoms with Crippen molar-refractivity contribution in [3.05, 3.63) is 52.6 Å². The van der Waals surface area contributed by atoms with E-state index in [0.29, 0.717) is 24.7 Å². The third kappa shape index (κ3) is 3.03. The van der Waals surface area contributed by atoms with E-state index in [1.54, 1.807) is 0 Å². The number of benzene rings is 1. The van der Waals surface area contributed by atoms with Crippen LogP contribution in [0, 0.1) is 20.8 Å². The standard InChI is InChI=1S/C17H20N4O2/c1-11-6-4-5-7-14(11)17-18-16(20-23-17)10-21-13(3)15(8-9-22)12(2)19-21/h4-7,22H,8-10H2,1-3H3. The van der Waals surface area contributed by atoms with Crippen LogP contribution >= 0.6 is 0 Å². The quantitative estimate of drug-likeness (QED) is 0.783. The number of hydrogen-bond acceptors (Lipinski definition) is 5. The summed E-state index contributed by atoms with van der Waals surface area (Å²) in [4.78, 5) is 4.47. The monoisotopic (exact) mass is 312 g/mol. The van der Waals surface area contributed by atoms with Crippen LogP contribution in [0.2, 0.25) is 0 Å². The molecule has 0 fully saturated rings. The Bertz CT molecular complexity index is 820. The Labute approximate surface area is 134 Å². The fourth-order valence-corrected chi connectivity index (χ4v) is 2.74. The van der Waals surface area contributed by atoms with Gasteiger partial charge in [-0.1, -0.05) is 23.4 Å². The van der Waals surface area contributed by atoms with Crippen molar-refractivity contribution in [3.8, 4) is 11.5 Å². The highest BCUT2D eigenvalue weighted by Crippen LogP contribution is 2.21. The van der Waals surface area contributed by atoms with Gasteiger partial charge in [-0.25, -0.2) is 0 Å². The zero-order chi connectivity index (χ0) is 16.4. The molecular formula is C17H20N4O2. The summed E-state index contributed by atoms with van der Waals surface area (Å²) in [5.74, 6) is 1.11. The molecule has 0 amide bonds. The molecule has 0 bridgehead atoms. The van der Waals surface area contributed by atoms with Crippen molar-refractivity contribution in [2.75, 3.05) is 6.61 Å². The zero-order valence-corrected chi connectivity index (χ0v) is 13.6. The van der Waals surface area contributed by atoms with Crippen molar-refractivity contribution in [1.29, 1.82) is 0 Å². The summed E-state index contributed by atoms with van der Waals surface area (Å²) in [6, 6.07) is 7.92. The number of nitrogens with zero attached hydrogens (tertiary/aromatic N) is 4. The van der Waals surface area contributed by atoms with E-state index in [2.05, 4.69) is 15.2 Å². The normalized spacial score (nSPS) is 11.1. The van der Waals surface area contributed by atoms with E-state index in [-0.39, 0.29) is 6.61 Å². The molecule has 6 nitrogen and oxygen atoms in total. The predicted octanol–water partition coefficient (Wildman–Crippen LogP) is 2.44. The lowest BCUT2D eigenvalue weighted by Gasteiger charge is -2.01. The number of aliphatic hydroxyl groups excluding tert-OH is 1. The predicted molar refractivity (Wildman–Crippen MR) is 86.1 cm³/mol. The van der Waals surface area contributed by atoms with Crippen molar-refractivity contribution in [2.24, 2.45) is 0 Å². The molecule has 120 valence electrons. The van der Waals surface area contributed by atoms with E-state index in [9.17, 15) is 0 Å². The molecule has 0 aliphatic heterocycles. The molecule has 1 aromatic carbocycles. The smallest absolute Gasteiger partial charge is 0.258 e. The molecular weight excluding hydrogens is 292 g/mol. The van der Waals surface area contributed by atoms with Crippen molar-refractivity contribution in [1.82, 2.24) is 19.9 Å². The lowest BCUT2D eigenvalue weighted by molar-refractivity contribution is 0.299. The van der Waals surface area contributed by atoms with Crippen LogP contribution in [0.15, 0.2) is 28.8 Å². The summed E-state index contributed by atoms with van der Waals surface area (Å²) in [6.07, 6.45) is 0.609. The van der Waals surface area contributed by atoms with Gasteiger partial charge in [0.25, 0.3) is 5.89 Å². The molecule has 0 saturated heterocycles. The lowest BCUT2D eigenvalue weighted by atomic mass is 10.1. The summed E-state index contributed by atoms with van der Waals surface area (Å²) in [5.41, 5.74) is 5.08. The van der Waals surface area contributed by atoms with E-state index >= 15 is 0 Å². The molecule has 0 atom stereocenters. The first-order valence-electron chi connectivity index (χ1n) is 7.62. The van der Waals surface area contributed by atoms with E-state index in [4.69, 9.17) is 9.63 Å². The highest BCUT2D eigenvalue weighted by molar-refractivity contribution is 5.57. The highest BCUT2D eigenvalue weighted by atomic mass is 16.5. The third-order valence-corrected chi connectivity index (χ3v) is 4.03. The van der Waals surface area contributed by atoms with E-state index in [1.165, 1.54) is 0 Å². The molecule has 23 heavy (non-hydrogen) atoms. The van der Waals surface area contributed by atoms with Gasteiger partial charge >= 0.3 is 0 Å². The topological polar surface area (TPSA) is 77.0 Å². The maximum Gasteiger partial charge on any atom is 0.258 e. The Morgan fingerprint density at radius 3 is 2.70 bits per heavy atom. The van der Waals surface area contributed by atoms with Gasteiger partial charge in [0.15, 0.2) is 5.82 Å². The van der Waals surface area contributed by atoms with Crippen molar-refractivity contribution in [2.45, 2.75) is 33.7 Å². The fraction of sp³-hybridized carbons (Fsp3) is 0.353. The second-order valence-electron chi connectivity index (χ2n) is 5.61. The van der Waals surface area contributed by atoms with Crippen molar-refractivity contribution >= 4 is 0 Å². The summed E-state index contributed by atoms with van der Waals surface area (Å²) < 4.78 is 7.24. The van der Waals surface area contributed by atoms with E-state index in [1.807, 2.05) is 49.7 Å². The number of rotatable bonds is 5. The molecule has 0 aliphatic carbocycles. The molecule has 6 heteroatoms. The van der Waals surface area contributed by atoms with Gasteiger partial charge in [0.2, 0.25) is 0 Å². The summed E-state index contributed by atoms with van der Waals surface area (Å²) in [6.45, 7) is 6.53. The van der Waals surface area contributed by atoms with Crippen molar-refractivity contribution < 1.29 is 9.63 Å². The summed E-state index contributed by atoms with van der Waals surface area (Å²) >= 11 is 0. The largest absolute Gasteiger partial charge is 0.396 e. The first-order valence-corrected chi connectivity index (χ1v) is 7.62. The Hall–Kier alpha value is -2.47. The van der Waals surface area contributed by atoms with Gasteiger partial charge in [-0.2, -0.15) is 10.1 Å². The molecule has 0 saturated carbocycles. The Balaban J connectivity index is 1.85. The van der Waals surface area contributed by atoms with Gasteiger partial charge in [-0.3, -0.25) is 4.68 Å². The molecule has 1 N–H and O–H groups in total. The van der Waals surface area contributed by atoms with E-state index in [0.717, 1.165) is 28.1 Å². The maximum atomic E-state index is 9.15. The summed E-state index contributed by atoms with van der Waals surface area (Å²) in [7, 11) is 0. The van der Waals surface area contributed by atoms with Crippen LogP contribution in [0.5, 0.6) is 0 Å². The van der Waals surface area contributed by atoms with Crippen LogP contribution in [0.1, 0.15) is 28.3 Å². The number of aromatic nitrogens is 4. The second-order valence-corrected chi connectivity index (χ2v) is 5.61. The Morgan fingerprint density at radius 1 is 1.17 bits per heavy atom. The van der Waals surface area contributed by atoms with Crippen LogP contribution in [0.25, 0.3) is 11.5 Å². The molecule has 3 aromatic rings. The molecule has 0 unspecified atom stereocenters. The van der Waals surface area contributed by atoms with Gasteiger partial charge in [0, 0.05) is 17.9 Å². The van der Waals surface area contributed by atoms with Gasteiger partial charge in [0.1, 0.15) is 6.54 Å². The average Bonchev–Trinajstić information content (AvgIpc) is 3.09. The van der Waals surface area contributed by atoms with Gasteiger partial charge < -0.3 is 9.63 Å². The molecule has 2 heterocycles. The second kappa shape index (κ2) is 6.34. The minimum atomic E-state index is 0.118. The molecule has 0 spiro atoms. The SMILES string of the molecule is Cc1ccccc1-c1nc(Cn2nc(C)c(CCO)c2C)no1. The first kappa shape index (κ1) is 15.4. The molecule has 0 radical (unpaired) electrons.